The summed E-state index contributed by atoms with van der Waals surface area (Å²) in [5.74, 6) is 0. The van der Waals surface area contributed by atoms with Crippen LogP contribution in [0.15, 0.2) is 18.2 Å². The SMILES string of the molecule is Cc1ccc(N(C)C2CC(N)C2)c(C)c1. The molecule has 0 amide bonds. The van der Waals surface area contributed by atoms with Gasteiger partial charge in [0, 0.05) is 24.8 Å². The van der Waals surface area contributed by atoms with Crippen LogP contribution in [-0.4, -0.2) is 19.1 Å². The smallest absolute Gasteiger partial charge is 0.0396 e. The number of hydrogen-bond donors (Lipinski definition) is 1. The predicted octanol–water partition coefficient (Wildman–Crippen LogP) is 2.23. The lowest BCUT2D eigenvalue weighted by atomic mass is 9.86. The van der Waals surface area contributed by atoms with Gasteiger partial charge < -0.3 is 10.6 Å². The molecule has 1 aromatic rings. The van der Waals surface area contributed by atoms with Crippen LogP contribution >= 0.6 is 0 Å². The molecule has 0 heterocycles. The highest BCUT2D eigenvalue weighted by Crippen LogP contribution is 2.29. The fourth-order valence-electron chi connectivity index (χ4n) is 2.34. The maximum Gasteiger partial charge on any atom is 0.0396 e. The van der Waals surface area contributed by atoms with E-state index in [1.165, 1.54) is 16.8 Å². The van der Waals surface area contributed by atoms with Crippen molar-refractivity contribution in [2.75, 3.05) is 11.9 Å². The van der Waals surface area contributed by atoms with Crippen molar-refractivity contribution in [2.45, 2.75) is 38.8 Å². The molecule has 1 aliphatic rings. The normalized spacial score (nSPS) is 24.8. The molecule has 0 bridgehead atoms. The van der Waals surface area contributed by atoms with E-state index in [4.69, 9.17) is 5.73 Å². The van der Waals surface area contributed by atoms with Gasteiger partial charge in [-0.05, 0) is 38.3 Å². The van der Waals surface area contributed by atoms with Crippen LogP contribution < -0.4 is 10.6 Å². The van der Waals surface area contributed by atoms with Crippen molar-refractivity contribution in [3.63, 3.8) is 0 Å². The molecule has 1 aromatic carbocycles. The lowest BCUT2D eigenvalue weighted by Crippen LogP contribution is -2.49. The van der Waals surface area contributed by atoms with Crippen molar-refractivity contribution in [3.8, 4) is 0 Å². The third-order valence-corrected chi connectivity index (χ3v) is 3.43. The number of hydrogen-bond acceptors (Lipinski definition) is 2. The summed E-state index contributed by atoms with van der Waals surface area (Å²) in [7, 11) is 2.17. The van der Waals surface area contributed by atoms with Gasteiger partial charge in [-0.2, -0.15) is 0 Å². The monoisotopic (exact) mass is 204 g/mol. The molecule has 0 atom stereocenters. The summed E-state index contributed by atoms with van der Waals surface area (Å²) in [6.07, 6.45) is 2.26. The molecule has 2 N–H and O–H groups in total. The lowest BCUT2D eigenvalue weighted by molar-refractivity contribution is 0.340. The molecular weight excluding hydrogens is 184 g/mol. The van der Waals surface area contributed by atoms with Crippen LogP contribution in [0.3, 0.4) is 0 Å². The molecule has 1 saturated carbocycles. The maximum atomic E-state index is 5.82. The summed E-state index contributed by atoms with van der Waals surface area (Å²) >= 11 is 0. The number of aryl methyl sites for hydroxylation is 2. The second kappa shape index (κ2) is 3.86. The van der Waals surface area contributed by atoms with Gasteiger partial charge in [0.05, 0.1) is 0 Å². The van der Waals surface area contributed by atoms with Crippen molar-refractivity contribution in [1.82, 2.24) is 0 Å². The molecule has 0 radical (unpaired) electrons. The van der Waals surface area contributed by atoms with Crippen molar-refractivity contribution >= 4 is 5.69 Å². The highest BCUT2D eigenvalue weighted by atomic mass is 15.2. The second-order valence-electron chi connectivity index (χ2n) is 4.79. The van der Waals surface area contributed by atoms with E-state index in [1.54, 1.807) is 0 Å². The molecule has 82 valence electrons. The van der Waals surface area contributed by atoms with Gasteiger partial charge in [-0.1, -0.05) is 17.7 Å². The van der Waals surface area contributed by atoms with Gasteiger partial charge in [-0.3, -0.25) is 0 Å². The van der Waals surface area contributed by atoms with E-state index >= 15 is 0 Å². The zero-order valence-electron chi connectivity index (χ0n) is 9.83. The van der Waals surface area contributed by atoms with Crippen LogP contribution in [0.25, 0.3) is 0 Å². The standard InChI is InChI=1S/C13H20N2/c1-9-4-5-13(10(2)6-9)15(3)12-7-11(14)8-12/h4-6,11-12H,7-8,14H2,1-3H3. The van der Waals surface area contributed by atoms with Crippen LogP contribution in [0.4, 0.5) is 5.69 Å². The van der Waals surface area contributed by atoms with Gasteiger partial charge in [0.25, 0.3) is 0 Å². The first-order valence-electron chi connectivity index (χ1n) is 5.63. The molecule has 0 saturated heterocycles. The van der Waals surface area contributed by atoms with Crippen molar-refractivity contribution in [1.29, 1.82) is 0 Å². The van der Waals surface area contributed by atoms with Crippen LogP contribution in [0.2, 0.25) is 0 Å². The van der Waals surface area contributed by atoms with E-state index in [0.717, 1.165) is 12.8 Å². The van der Waals surface area contributed by atoms with E-state index < -0.39 is 0 Å². The van der Waals surface area contributed by atoms with Crippen LogP contribution in [-0.2, 0) is 0 Å². The molecule has 2 rings (SSSR count). The zero-order chi connectivity index (χ0) is 11.0. The minimum Gasteiger partial charge on any atom is -0.371 e. The van der Waals surface area contributed by atoms with Gasteiger partial charge in [-0.25, -0.2) is 0 Å². The van der Waals surface area contributed by atoms with Crippen LogP contribution in [0.1, 0.15) is 24.0 Å². The quantitative estimate of drug-likeness (QED) is 0.800. The first-order chi connectivity index (χ1) is 7.08. The second-order valence-corrected chi connectivity index (χ2v) is 4.79. The molecule has 2 nitrogen and oxygen atoms in total. The molecule has 0 aliphatic heterocycles. The van der Waals surface area contributed by atoms with E-state index in [1.807, 2.05) is 0 Å². The fourth-order valence-corrected chi connectivity index (χ4v) is 2.34. The zero-order valence-corrected chi connectivity index (χ0v) is 9.83. The Labute approximate surface area is 92.1 Å². The fraction of sp³-hybridized carbons (Fsp3) is 0.538. The largest absolute Gasteiger partial charge is 0.371 e. The van der Waals surface area contributed by atoms with E-state index in [9.17, 15) is 0 Å². The first-order valence-corrected chi connectivity index (χ1v) is 5.63. The van der Waals surface area contributed by atoms with E-state index in [2.05, 4.69) is 44.0 Å². The Bertz CT molecular complexity index is 354. The van der Waals surface area contributed by atoms with Crippen LogP contribution in [0, 0.1) is 13.8 Å². The Morgan fingerprint density at radius 1 is 1.27 bits per heavy atom. The third kappa shape index (κ3) is 2.00. The third-order valence-electron chi connectivity index (χ3n) is 3.43. The van der Waals surface area contributed by atoms with Gasteiger partial charge in [0.1, 0.15) is 0 Å². The first kappa shape index (κ1) is 10.5. The summed E-state index contributed by atoms with van der Waals surface area (Å²) in [4.78, 5) is 2.37. The summed E-state index contributed by atoms with van der Waals surface area (Å²) in [5, 5.41) is 0. The number of nitrogens with two attached hydrogens (primary N) is 1. The van der Waals surface area contributed by atoms with Gasteiger partial charge in [0.15, 0.2) is 0 Å². The van der Waals surface area contributed by atoms with Gasteiger partial charge in [0.2, 0.25) is 0 Å². The molecule has 0 unspecified atom stereocenters. The van der Waals surface area contributed by atoms with Crippen LogP contribution in [0.5, 0.6) is 0 Å². The average Bonchev–Trinajstić information content (AvgIpc) is 2.12. The van der Waals surface area contributed by atoms with Crippen molar-refractivity contribution in [3.05, 3.63) is 29.3 Å². The van der Waals surface area contributed by atoms with Gasteiger partial charge >= 0.3 is 0 Å². The van der Waals surface area contributed by atoms with Crippen molar-refractivity contribution in [2.24, 2.45) is 5.73 Å². The molecular formula is C13H20N2. The minimum atomic E-state index is 0.420. The summed E-state index contributed by atoms with van der Waals surface area (Å²) in [5.41, 5.74) is 9.85. The Morgan fingerprint density at radius 3 is 2.47 bits per heavy atom. The maximum absolute atomic E-state index is 5.82. The Kier molecular flexibility index (Phi) is 2.70. The number of anilines is 1. The molecule has 0 spiro atoms. The molecule has 15 heavy (non-hydrogen) atoms. The molecule has 2 heteroatoms. The number of nitrogens with zero attached hydrogens (tertiary/aromatic N) is 1. The average molecular weight is 204 g/mol. The summed E-state index contributed by atoms with van der Waals surface area (Å²) in [6.45, 7) is 4.31. The highest BCUT2D eigenvalue weighted by molar-refractivity contribution is 5.54. The number of benzene rings is 1. The van der Waals surface area contributed by atoms with Crippen molar-refractivity contribution < 1.29 is 0 Å². The topological polar surface area (TPSA) is 29.3 Å². The number of rotatable bonds is 2. The van der Waals surface area contributed by atoms with Gasteiger partial charge in [-0.15, -0.1) is 0 Å². The molecule has 1 aliphatic carbocycles. The van der Waals surface area contributed by atoms with E-state index in [0.29, 0.717) is 12.1 Å². The molecule has 1 fully saturated rings. The lowest BCUT2D eigenvalue weighted by Gasteiger charge is -2.41. The predicted molar refractivity (Wildman–Crippen MR) is 65.3 cm³/mol. The minimum absolute atomic E-state index is 0.420. The Balaban J connectivity index is 2.15. The Hall–Kier alpha value is -1.02. The molecule has 0 aromatic heterocycles. The van der Waals surface area contributed by atoms with E-state index in [-0.39, 0.29) is 0 Å². The summed E-state index contributed by atoms with van der Waals surface area (Å²) in [6, 6.07) is 7.70. The Morgan fingerprint density at radius 2 is 1.93 bits per heavy atom. The highest BCUT2D eigenvalue weighted by Gasteiger charge is 2.29. The summed E-state index contributed by atoms with van der Waals surface area (Å²) < 4.78 is 0.